The summed E-state index contributed by atoms with van der Waals surface area (Å²) in [4.78, 5) is 11.4. The molecule has 20 heavy (non-hydrogen) atoms. The lowest BCUT2D eigenvalue weighted by atomic mass is 10.0. The molecule has 2 rings (SSSR count). The van der Waals surface area contributed by atoms with Gasteiger partial charge in [0.05, 0.1) is 5.39 Å². The van der Waals surface area contributed by atoms with E-state index >= 15 is 0 Å². The van der Waals surface area contributed by atoms with E-state index in [1.165, 1.54) is 11.3 Å². The number of hydrogen-bond donors (Lipinski definition) is 2. The van der Waals surface area contributed by atoms with Crippen molar-refractivity contribution in [2.75, 3.05) is 17.7 Å². The van der Waals surface area contributed by atoms with E-state index in [4.69, 9.17) is 0 Å². The third kappa shape index (κ3) is 3.60. The average molecular weight is 292 g/mol. The molecule has 0 radical (unpaired) electrons. The van der Waals surface area contributed by atoms with Crippen molar-refractivity contribution in [1.29, 1.82) is 0 Å². The molecule has 0 aromatic carbocycles. The summed E-state index contributed by atoms with van der Waals surface area (Å²) in [5.41, 5.74) is 0. The van der Waals surface area contributed by atoms with E-state index in [1.54, 1.807) is 11.3 Å². The Labute approximate surface area is 125 Å². The minimum atomic E-state index is 0.417. The van der Waals surface area contributed by atoms with Gasteiger partial charge in [0, 0.05) is 18.0 Å². The lowest BCUT2D eigenvalue weighted by molar-refractivity contribution is 0.527. The smallest absolute Gasteiger partial charge is 0.225 e. The second-order valence-corrected chi connectivity index (χ2v) is 6.97. The first kappa shape index (κ1) is 15.0. The number of aryl methyl sites for hydroxylation is 1. The second kappa shape index (κ2) is 6.39. The lowest BCUT2D eigenvalue weighted by Gasteiger charge is -2.16. The summed E-state index contributed by atoms with van der Waals surface area (Å²) >= 11 is 1.71. The van der Waals surface area contributed by atoms with Gasteiger partial charge in [-0.25, -0.2) is 4.98 Å². The standard InChI is InChI=1S/C15H24N4S/c1-9(2)6-7-10(3)17-13-12-8-11(4)20-14(12)19-15(16-5)18-13/h8-10H,6-7H2,1-5H3,(H2,16,17,18,19). The van der Waals surface area contributed by atoms with Crippen LogP contribution in [0.1, 0.15) is 38.5 Å². The number of fused-ring (bicyclic) bond motifs is 1. The van der Waals surface area contributed by atoms with Gasteiger partial charge in [0.1, 0.15) is 10.6 Å². The first-order chi connectivity index (χ1) is 9.49. The molecule has 110 valence electrons. The molecule has 4 nitrogen and oxygen atoms in total. The molecule has 5 heteroatoms. The second-order valence-electron chi connectivity index (χ2n) is 5.74. The highest BCUT2D eigenvalue weighted by Crippen LogP contribution is 2.30. The van der Waals surface area contributed by atoms with E-state index < -0.39 is 0 Å². The van der Waals surface area contributed by atoms with Gasteiger partial charge in [-0.2, -0.15) is 4.98 Å². The topological polar surface area (TPSA) is 49.8 Å². The first-order valence-corrected chi connectivity index (χ1v) is 8.03. The molecule has 0 aliphatic heterocycles. The largest absolute Gasteiger partial charge is 0.367 e. The van der Waals surface area contributed by atoms with E-state index in [9.17, 15) is 0 Å². The van der Waals surface area contributed by atoms with Crippen molar-refractivity contribution in [1.82, 2.24) is 9.97 Å². The van der Waals surface area contributed by atoms with Crippen LogP contribution >= 0.6 is 11.3 Å². The van der Waals surface area contributed by atoms with Gasteiger partial charge in [0.2, 0.25) is 5.95 Å². The van der Waals surface area contributed by atoms with Gasteiger partial charge in [-0.15, -0.1) is 11.3 Å². The Kier molecular flexibility index (Phi) is 4.81. The molecule has 0 amide bonds. The Bertz CT molecular complexity index is 577. The fraction of sp³-hybridized carbons (Fsp3) is 0.600. The van der Waals surface area contributed by atoms with Gasteiger partial charge < -0.3 is 10.6 Å². The summed E-state index contributed by atoms with van der Waals surface area (Å²) < 4.78 is 0. The number of anilines is 2. The monoisotopic (exact) mass is 292 g/mol. The zero-order valence-electron chi connectivity index (χ0n) is 12.9. The van der Waals surface area contributed by atoms with Crippen LogP contribution in [0, 0.1) is 12.8 Å². The normalized spacial score (nSPS) is 12.9. The number of thiophene rings is 1. The molecule has 0 saturated carbocycles. The quantitative estimate of drug-likeness (QED) is 0.834. The molecule has 0 spiro atoms. The van der Waals surface area contributed by atoms with Crippen molar-refractivity contribution in [2.24, 2.45) is 5.92 Å². The molecule has 2 N–H and O–H groups in total. The van der Waals surface area contributed by atoms with E-state index in [0.717, 1.165) is 28.4 Å². The van der Waals surface area contributed by atoms with Gasteiger partial charge in [0.25, 0.3) is 0 Å². The molecule has 2 heterocycles. The zero-order chi connectivity index (χ0) is 14.7. The molecule has 2 aromatic rings. The molecule has 0 aliphatic carbocycles. The highest BCUT2D eigenvalue weighted by Gasteiger charge is 2.12. The van der Waals surface area contributed by atoms with Crippen LogP contribution in [0.3, 0.4) is 0 Å². The van der Waals surface area contributed by atoms with Crippen LogP contribution in [0.2, 0.25) is 0 Å². The maximum absolute atomic E-state index is 4.57. The third-order valence-electron chi connectivity index (χ3n) is 3.30. The van der Waals surface area contributed by atoms with Gasteiger partial charge >= 0.3 is 0 Å². The Morgan fingerprint density at radius 1 is 1.20 bits per heavy atom. The summed E-state index contributed by atoms with van der Waals surface area (Å²) in [6.45, 7) is 8.85. The van der Waals surface area contributed by atoms with Crippen molar-refractivity contribution in [3.63, 3.8) is 0 Å². The van der Waals surface area contributed by atoms with Crippen LogP contribution in [-0.4, -0.2) is 23.1 Å². The average Bonchev–Trinajstić information content (AvgIpc) is 2.76. The number of aromatic nitrogens is 2. The van der Waals surface area contributed by atoms with Crippen LogP contribution in [0.4, 0.5) is 11.8 Å². The van der Waals surface area contributed by atoms with Crippen LogP contribution in [0.15, 0.2) is 6.07 Å². The van der Waals surface area contributed by atoms with Crippen LogP contribution in [-0.2, 0) is 0 Å². The molecular weight excluding hydrogens is 268 g/mol. The minimum absolute atomic E-state index is 0.417. The molecule has 2 aromatic heterocycles. The maximum Gasteiger partial charge on any atom is 0.225 e. The SMILES string of the molecule is CNc1nc(NC(C)CCC(C)C)c2cc(C)sc2n1. The minimum Gasteiger partial charge on any atom is -0.367 e. The zero-order valence-corrected chi connectivity index (χ0v) is 13.8. The fourth-order valence-corrected chi connectivity index (χ4v) is 3.03. The summed E-state index contributed by atoms with van der Waals surface area (Å²) in [7, 11) is 1.85. The van der Waals surface area contributed by atoms with Crippen molar-refractivity contribution >= 4 is 33.3 Å². The fourth-order valence-electron chi connectivity index (χ4n) is 2.15. The summed E-state index contributed by atoms with van der Waals surface area (Å²) in [5, 5.41) is 7.71. The van der Waals surface area contributed by atoms with E-state index in [2.05, 4.69) is 54.4 Å². The van der Waals surface area contributed by atoms with Gasteiger partial charge in [-0.1, -0.05) is 13.8 Å². The van der Waals surface area contributed by atoms with Crippen molar-refractivity contribution < 1.29 is 0 Å². The highest BCUT2D eigenvalue weighted by molar-refractivity contribution is 7.18. The number of nitrogens with one attached hydrogen (secondary N) is 2. The summed E-state index contributed by atoms with van der Waals surface area (Å²) in [6, 6.07) is 2.58. The predicted octanol–water partition coefficient (Wildman–Crippen LogP) is 4.28. The van der Waals surface area contributed by atoms with E-state index in [-0.39, 0.29) is 0 Å². The summed E-state index contributed by atoms with van der Waals surface area (Å²) in [5.74, 6) is 2.36. The van der Waals surface area contributed by atoms with Crippen molar-refractivity contribution in [2.45, 2.75) is 46.6 Å². The molecule has 1 atom stereocenters. The Morgan fingerprint density at radius 3 is 2.60 bits per heavy atom. The highest BCUT2D eigenvalue weighted by atomic mass is 32.1. The molecule has 0 aliphatic rings. The molecule has 0 saturated heterocycles. The molecular formula is C15H24N4S. The van der Waals surface area contributed by atoms with Gasteiger partial charge in [-0.05, 0) is 38.7 Å². The Hall–Kier alpha value is -1.36. The van der Waals surface area contributed by atoms with Gasteiger partial charge in [-0.3, -0.25) is 0 Å². The van der Waals surface area contributed by atoms with Crippen molar-refractivity contribution in [3.8, 4) is 0 Å². The van der Waals surface area contributed by atoms with Crippen LogP contribution in [0.25, 0.3) is 10.2 Å². The van der Waals surface area contributed by atoms with Crippen LogP contribution in [0.5, 0.6) is 0 Å². The van der Waals surface area contributed by atoms with Crippen LogP contribution < -0.4 is 10.6 Å². The lowest BCUT2D eigenvalue weighted by Crippen LogP contribution is -2.17. The molecule has 1 unspecified atom stereocenters. The van der Waals surface area contributed by atoms with Gasteiger partial charge in [0.15, 0.2) is 0 Å². The molecule has 0 bridgehead atoms. The Balaban J connectivity index is 2.23. The molecule has 0 fully saturated rings. The Morgan fingerprint density at radius 2 is 1.95 bits per heavy atom. The maximum atomic E-state index is 4.57. The summed E-state index contributed by atoms with van der Waals surface area (Å²) in [6.07, 6.45) is 2.38. The predicted molar refractivity (Wildman–Crippen MR) is 88.9 cm³/mol. The first-order valence-electron chi connectivity index (χ1n) is 7.22. The third-order valence-corrected chi connectivity index (χ3v) is 4.24. The number of nitrogens with zero attached hydrogens (tertiary/aromatic N) is 2. The van der Waals surface area contributed by atoms with E-state index in [0.29, 0.717) is 12.0 Å². The van der Waals surface area contributed by atoms with E-state index in [1.807, 2.05) is 7.05 Å². The number of rotatable bonds is 6. The van der Waals surface area contributed by atoms with Crippen molar-refractivity contribution in [3.05, 3.63) is 10.9 Å². The number of hydrogen-bond acceptors (Lipinski definition) is 5.